The molecule has 3 rings (SSSR count). The molecule has 0 aliphatic rings. The normalized spacial score (nSPS) is 12.0. The Hall–Kier alpha value is -2.41. The second-order valence-corrected chi connectivity index (χ2v) is 5.66. The van der Waals surface area contributed by atoms with Gasteiger partial charge in [0.05, 0.1) is 18.0 Å². The molecule has 22 heavy (non-hydrogen) atoms. The number of aryl methyl sites for hydroxylation is 2. The van der Waals surface area contributed by atoms with E-state index in [1.165, 1.54) is 23.6 Å². The van der Waals surface area contributed by atoms with Crippen molar-refractivity contribution in [1.82, 2.24) is 9.72 Å². The summed E-state index contributed by atoms with van der Waals surface area (Å²) in [4.78, 5) is 16.9. The number of carbonyl (C=O) groups excluding carboxylic acids is 1. The molecule has 1 aromatic carbocycles. The second-order valence-electron chi connectivity index (χ2n) is 4.68. The van der Waals surface area contributed by atoms with Crippen LogP contribution in [0.1, 0.15) is 23.0 Å². The van der Waals surface area contributed by atoms with Crippen molar-refractivity contribution >= 4 is 27.5 Å². The number of hydrogen-bond acceptors (Lipinski definition) is 5. The molecule has 0 radical (unpaired) electrons. The molecule has 0 saturated carbocycles. The number of benzene rings is 1. The molecule has 0 N–H and O–H groups in total. The van der Waals surface area contributed by atoms with Gasteiger partial charge in [-0.3, -0.25) is 4.79 Å². The lowest BCUT2D eigenvalue weighted by Crippen LogP contribution is -2.16. The highest BCUT2D eigenvalue weighted by Crippen LogP contribution is 2.30. The Morgan fingerprint density at radius 2 is 2.27 bits per heavy atom. The van der Waals surface area contributed by atoms with Gasteiger partial charge in [-0.2, -0.15) is 4.99 Å². The zero-order chi connectivity index (χ0) is 15.7. The van der Waals surface area contributed by atoms with E-state index in [9.17, 15) is 4.79 Å². The summed E-state index contributed by atoms with van der Waals surface area (Å²) in [6, 6.07) is 5.43. The minimum Gasteiger partial charge on any atom is -0.495 e. The molecular formula is C15H15N3O3S. The summed E-state index contributed by atoms with van der Waals surface area (Å²) in [5.74, 6) is 0.457. The van der Waals surface area contributed by atoms with Crippen molar-refractivity contribution in [3.8, 4) is 5.75 Å². The molecule has 2 heterocycles. The predicted molar refractivity (Wildman–Crippen MR) is 83.2 cm³/mol. The van der Waals surface area contributed by atoms with Crippen LogP contribution >= 0.6 is 11.3 Å². The first-order valence-electron chi connectivity index (χ1n) is 6.82. The first-order chi connectivity index (χ1) is 10.7. The van der Waals surface area contributed by atoms with Crippen molar-refractivity contribution in [3.63, 3.8) is 0 Å². The smallest absolute Gasteiger partial charge is 0.318 e. The molecule has 1 amide bonds. The number of hydrogen-bond donors (Lipinski definition) is 0. The van der Waals surface area contributed by atoms with Crippen LogP contribution in [0.2, 0.25) is 0 Å². The SMILES string of the molecule is CCn1c(=NC(=O)c2ccno2)sc2c(C)ccc(OC)c21. The van der Waals surface area contributed by atoms with Gasteiger partial charge in [0.15, 0.2) is 4.80 Å². The Morgan fingerprint density at radius 1 is 1.45 bits per heavy atom. The van der Waals surface area contributed by atoms with Crippen LogP contribution in [0.15, 0.2) is 33.9 Å². The fourth-order valence-electron chi connectivity index (χ4n) is 2.29. The number of methoxy groups -OCH3 is 1. The molecule has 0 aliphatic carbocycles. The molecule has 0 bridgehead atoms. The van der Waals surface area contributed by atoms with Crippen LogP contribution in [0.5, 0.6) is 5.75 Å². The van der Waals surface area contributed by atoms with E-state index < -0.39 is 5.91 Å². The maximum absolute atomic E-state index is 12.1. The number of aromatic nitrogens is 2. The van der Waals surface area contributed by atoms with E-state index in [4.69, 9.17) is 9.26 Å². The van der Waals surface area contributed by atoms with E-state index in [2.05, 4.69) is 10.1 Å². The van der Waals surface area contributed by atoms with E-state index in [0.29, 0.717) is 11.3 Å². The molecule has 3 aromatic rings. The van der Waals surface area contributed by atoms with Gasteiger partial charge >= 0.3 is 5.91 Å². The number of carbonyl (C=O) groups is 1. The summed E-state index contributed by atoms with van der Waals surface area (Å²) >= 11 is 1.46. The molecule has 0 unspecified atom stereocenters. The van der Waals surface area contributed by atoms with Gasteiger partial charge in [0.1, 0.15) is 11.3 Å². The molecule has 7 heteroatoms. The lowest BCUT2D eigenvalue weighted by atomic mass is 10.2. The monoisotopic (exact) mass is 317 g/mol. The minimum atomic E-state index is -0.442. The standard InChI is InChI=1S/C15H15N3O3S/c1-4-18-12-10(20-3)6-5-9(2)13(12)22-15(18)17-14(19)11-7-8-16-21-11/h5-8H,4H2,1-3H3. The third-order valence-corrected chi connectivity index (χ3v) is 4.58. The Kier molecular flexibility index (Phi) is 3.81. The summed E-state index contributed by atoms with van der Waals surface area (Å²) in [7, 11) is 1.64. The summed E-state index contributed by atoms with van der Waals surface area (Å²) in [6.45, 7) is 4.72. The Morgan fingerprint density at radius 3 is 2.91 bits per heavy atom. The van der Waals surface area contributed by atoms with E-state index in [1.807, 2.05) is 30.5 Å². The number of amides is 1. The van der Waals surface area contributed by atoms with Gasteiger partial charge in [-0.15, -0.1) is 0 Å². The largest absolute Gasteiger partial charge is 0.495 e. The summed E-state index contributed by atoms with van der Waals surface area (Å²) in [5.41, 5.74) is 2.08. The van der Waals surface area contributed by atoms with Gasteiger partial charge in [-0.1, -0.05) is 22.6 Å². The molecule has 0 aliphatic heterocycles. The third-order valence-electron chi connectivity index (χ3n) is 3.37. The highest BCUT2D eigenvalue weighted by atomic mass is 32.1. The quantitative estimate of drug-likeness (QED) is 0.745. The van der Waals surface area contributed by atoms with Crippen molar-refractivity contribution in [2.45, 2.75) is 20.4 Å². The van der Waals surface area contributed by atoms with Crippen molar-refractivity contribution in [3.05, 3.63) is 40.5 Å². The highest BCUT2D eigenvalue weighted by molar-refractivity contribution is 7.16. The average Bonchev–Trinajstić information content (AvgIpc) is 3.15. The Labute approximate surface area is 130 Å². The first-order valence-corrected chi connectivity index (χ1v) is 7.64. The van der Waals surface area contributed by atoms with Crippen molar-refractivity contribution in [1.29, 1.82) is 0 Å². The van der Waals surface area contributed by atoms with Crippen LogP contribution in [0.3, 0.4) is 0 Å². The molecule has 0 spiro atoms. The van der Waals surface area contributed by atoms with Gasteiger partial charge < -0.3 is 13.8 Å². The van der Waals surface area contributed by atoms with Crippen molar-refractivity contribution in [2.24, 2.45) is 4.99 Å². The van der Waals surface area contributed by atoms with Crippen LogP contribution < -0.4 is 9.54 Å². The molecule has 6 nitrogen and oxygen atoms in total. The van der Waals surface area contributed by atoms with E-state index in [1.54, 1.807) is 7.11 Å². The third kappa shape index (κ3) is 2.33. The highest BCUT2D eigenvalue weighted by Gasteiger charge is 2.14. The molecule has 0 atom stereocenters. The lowest BCUT2D eigenvalue weighted by Gasteiger charge is -2.07. The van der Waals surface area contributed by atoms with Crippen LogP contribution in [0.25, 0.3) is 10.2 Å². The minimum absolute atomic E-state index is 0.129. The van der Waals surface area contributed by atoms with Crippen LogP contribution in [0.4, 0.5) is 0 Å². The molecule has 2 aromatic heterocycles. The topological polar surface area (TPSA) is 69.6 Å². The zero-order valence-corrected chi connectivity index (χ0v) is 13.3. The van der Waals surface area contributed by atoms with Gasteiger partial charge in [0.2, 0.25) is 5.76 Å². The van der Waals surface area contributed by atoms with Gasteiger partial charge in [-0.05, 0) is 25.5 Å². The van der Waals surface area contributed by atoms with Crippen molar-refractivity contribution < 1.29 is 14.1 Å². The zero-order valence-electron chi connectivity index (χ0n) is 12.5. The van der Waals surface area contributed by atoms with Crippen LogP contribution in [-0.4, -0.2) is 22.7 Å². The van der Waals surface area contributed by atoms with Gasteiger partial charge in [0, 0.05) is 12.6 Å². The molecule has 0 fully saturated rings. The van der Waals surface area contributed by atoms with Gasteiger partial charge in [-0.25, -0.2) is 0 Å². The molecule has 114 valence electrons. The fraction of sp³-hybridized carbons (Fsp3) is 0.267. The first kappa shape index (κ1) is 14.5. The van der Waals surface area contributed by atoms with Crippen LogP contribution in [0, 0.1) is 6.92 Å². The maximum atomic E-state index is 12.1. The lowest BCUT2D eigenvalue weighted by molar-refractivity contribution is 0.0962. The number of ether oxygens (including phenoxy) is 1. The van der Waals surface area contributed by atoms with Crippen LogP contribution in [-0.2, 0) is 6.54 Å². The summed E-state index contributed by atoms with van der Waals surface area (Å²) in [6.07, 6.45) is 1.43. The fourth-order valence-corrected chi connectivity index (χ4v) is 3.47. The average molecular weight is 317 g/mol. The predicted octanol–water partition coefficient (Wildman–Crippen LogP) is 2.77. The Balaban J connectivity index is 2.26. The number of fused-ring (bicyclic) bond motifs is 1. The number of rotatable bonds is 3. The molecular weight excluding hydrogens is 302 g/mol. The summed E-state index contributed by atoms with van der Waals surface area (Å²) < 4.78 is 13.3. The molecule has 0 saturated heterocycles. The van der Waals surface area contributed by atoms with Crippen molar-refractivity contribution in [2.75, 3.05) is 7.11 Å². The Bertz CT molecular complexity index is 891. The second kappa shape index (κ2) is 5.76. The maximum Gasteiger partial charge on any atom is 0.318 e. The van der Waals surface area contributed by atoms with Gasteiger partial charge in [0.25, 0.3) is 0 Å². The summed E-state index contributed by atoms with van der Waals surface area (Å²) in [5, 5.41) is 3.53. The van der Waals surface area contributed by atoms with E-state index >= 15 is 0 Å². The number of thiazole rings is 1. The number of nitrogens with zero attached hydrogens (tertiary/aromatic N) is 3. The van der Waals surface area contributed by atoms with E-state index in [-0.39, 0.29) is 5.76 Å². The van der Waals surface area contributed by atoms with E-state index in [0.717, 1.165) is 21.5 Å².